The Morgan fingerprint density at radius 3 is 2.69 bits per heavy atom. The second kappa shape index (κ2) is 6.86. The minimum atomic E-state index is -0.121. The Hall–Kier alpha value is -2.16. The zero-order valence-corrected chi connectivity index (χ0v) is 16.5. The monoisotopic (exact) mass is 378 g/mol. The van der Waals surface area contributed by atoms with Crippen molar-refractivity contribution in [2.24, 2.45) is 0 Å². The maximum Gasteiger partial charge on any atom is 0.210 e. The van der Waals surface area contributed by atoms with Crippen LogP contribution in [-0.4, -0.2) is 17.3 Å². The summed E-state index contributed by atoms with van der Waals surface area (Å²) in [5.41, 5.74) is 5.48. The third-order valence-electron chi connectivity index (χ3n) is 5.31. The third kappa shape index (κ3) is 2.74. The molecule has 4 rings (SSSR count). The van der Waals surface area contributed by atoms with Crippen LogP contribution < -0.4 is 0 Å². The fraction of sp³-hybridized carbons (Fsp3) is 0.174. The van der Waals surface area contributed by atoms with E-state index in [4.69, 9.17) is 11.6 Å². The maximum atomic E-state index is 5.91. The third-order valence-corrected chi connectivity index (χ3v) is 6.33. The molecule has 3 heteroatoms. The van der Waals surface area contributed by atoms with Crippen LogP contribution in [-0.2, 0) is 5.41 Å². The predicted molar refractivity (Wildman–Crippen MR) is 115 cm³/mol. The van der Waals surface area contributed by atoms with E-state index < -0.39 is 0 Å². The van der Waals surface area contributed by atoms with Gasteiger partial charge in [-0.15, -0.1) is 11.3 Å². The summed E-state index contributed by atoms with van der Waals surface area (Å²) in [7, 11) is 2.16. The van der Waals surface area contributed by atoms with Gasteiger partial charge in [0.1, 0.15) is 7.05 Å². The molecule has 2 heterocycles. The van der Waals surface area contributed by atoms with E-state index in [0.29, 0.717) is 0 Å². The van der Waals surface area contributed by atoms with Gasteiger partial charge >= 0.3 is 0 Å². The fourth-order valence-corrected chi connectivity index (χ4v) is 4.78. The normalized spacial score (nSPS) is 20.0. The molecule has 3 aromatic rings. The predicted octanol–water partition coefficient (Wildman–Crippen LogP) is 6.74. The minimum Gasteiger partial charge on any atom is -0.198 e. The van der Waals surface area contributed by atoms with Crippen molar-refractivity contribution in [3.63, 3.8) is 0 Å². The molecule has 1 aliphatic rings. The van der Waals surface area contributed by atoms with Gasteiger partial charge < -0.3 is 0 Å². The van der Waals surface area contributed by atoms with Crippen molar-refractivity contribution in [3.05, 3.63) is 82.0 Å². The van der Waals surface area contributed by atoms with E-state index >= 15 is 0 Å². The van der Waals surface area contributed by atoms with E-state index in [1.54, 1.807) is 16.9 Å². The number of benzene rings is 2. The van der Waals surface area contributed by atoms with Gasteiger partial charge in [0.15, 0.2) is 5.71 Å². The summed E-state index contributed by atoms with van der Waals surface area (Å²) < 4.78 is 2.33. The van der Waals surface area contributed by atoms with Crippen LogP contribution in [0.5, 0.6) is 0 Å². The molecule has 0 spiro atoms. The van der Waals surface area contributed by atoms with Gasteiger partial charge in [0.2, 0.25) is 5.69 Å². The summed E-state index contributed by atoms with van der Waals surface area (Å²) in [4.78, 5) is 1.27. The lowest BCUT2D eigenvalue weighted by Gasteiger charge is -2.22. The van der Waals surface area contributed by atoms with Gasteiger partial charge in [0, 0.05) is 28.1 Å². The van der Waals surface area contributed by atoms with Crippen LogP contribution in [0.25, 0.3) is 16.8 Å². The highest BCUT2D eigenvalue weighted by Gasteiger charge is 2.46. The van der Waals surface area contributed by atoms with Gasteiger partial charge in [0.05, 0.1) is 5.41 Å². The van der Waals surface area contributed by atoms with Gasteiger partial charge in [-0.3, -0.25) is 0 Å². The van der Waals surface area contributed by atoms with E-state index in [-0.39, 0.29) is 5.41 Å². The van der Waals surface area contributed by atoms with E-state index in [9.17, 15) is 0 Å². The quantitative estimate of drug-likeness (QED) is 0.442. The number of fused-ring (bicyclic) bond motifs is 3. The van der Waals surface area contributed by atoms with Crippen molar-refractivity contribution in [1.29, 1.82) is 0 Å². The van der Waals surface area contributed by atoms with E-state index in [0.717, 1.165) is 6.42 Å². The van der Waals surface area contributed by atoms with Gasteiger partial charge in [-0.05, 0) is 47.7 Å². The molecule has 130 valence electrons. The molecule has 0 N–H and O–H groups in total. The van der Waals surface area contributed by atoms with Gasteiger partial charge in [0.25, 0.3) is 0 Å². The number of halogens is 1. The lowest BCUT2D eigenvalue weighted by Crippen LogP contribution is -2.30. The molecule has 0 radical (unpaired) electrons. The molecule has 1 nitrogen and oxygen atoms in total. The molecule has 1 atom stereocenters. The van der Waals surface area contributed by atoms with Crippen molar-refractivity contribution in [3.8, 4) is 0 Å². The number of thiophene rings is 1. The molecule has 0 aliphatic carbocycles. The first-order valence-electron chi connectivity index (χ1n) is 8.75. The Morgan fingerprint density at radius 1 is 1.08 bits per heavy atom. The fourth-order valence-electron chi connectivity index (χ4n) is 4.08. The zero-order valence-electron chi connectivity index (χ0n) is 14.9. The average Bonchev–Trinajstić information content (AvgIpc) is 3.25. The Balaban J connectivity index is 1.93. The molecule has 26 heavy (non-hydrogen) atoms. The molecule has 0 fully saturated rings. The lowest BCUT2D eigenvalue weighted by molar-refractivity contribution is -0.401. The Bertz CT molecular complexity index is 1040. The largest absolute Gasteiger partial charge is 0.210 e. The summed E-state index contributed by atoms with van der Waals surface area (Å²) in [6.07, 6.45) is 7.41. The Morgan fingerprint density at radius 2 is 1.92 bits per heavy atom. The molecule has 2 aromatic carbocycles. The molecule has 1 unspecified atom stereocenters. The zero-order chi connectivity index (χ0) is 18.1. The van der Waals surface area contributed by atoms with E-state index in [1.807, 2.05) is 0 Å². The second-order valence-electron chi connectivity index (χ2n) is 6.87. The second-order valence-corrected chi connectivity index (χ2v) is 8.10. The van der Waals surface area contributed by atoms with Crippen LogP contribution in [0.1, 0.15) is 23.8 Å². The molecule has 0 bridgehead atoms. The molecule has 0 saturated heterocycles. The standard InChI is InChI=1S/C23H21ClNS/c1-23(14-6-15-24)21(13-11-18-8-5-16-26-18)25(2)20-12-10-17-7-3-4-9-19(17)22(20)23/h3-13,15-16H,14H2,1-2H3/q+1/b13-11+,15-6+. The average molecular weight is 379 g/mol. The van der Waals surface area contributed by atoms with Crippen LogP contribution in [0, 0.1) is 0 Å². The molecular formula is C23H21ClNS+. The van der Waals surface area contributed by atoms with Crippen LogP contribution in [0.4, 0.5) is 5.69 Å². The molecule has 1 aromatic heterocycles. The molecular weight excluding hydrogens is 358 g/mol. The highest BCUT2D eigenvalue weighted by atomic mass is 35.5. The summed E-state index contributed by atoms with van der Waals surface area (Å²) in [5.74, 6) is 0. The lowest BCUT2D eigenvalue weighted by atomic mass is 9.74. The first-order valence-corrected chi connectivity index (χ1v) is 10.1. The minimum absolute atomic E-state index is 0.121. The first-order chi connectivity index (χ1) is 12.6. The van der Waals surface area contributed by atoms with Crippen molar-refractivity contribution in [2.75, 3.05) is 7.05 Å². The van der Waals surface area contributed by atoms with Crippen molar-refractivity contribution < 1.29 is 4.58 Å². The summed E-state index contributed by atoms with van der Waals surface area (Å²) in [6.45, 7) is 2.33. The van der Waals surface area contributed by atoms with Crippen molar-refractivity contribution >= 4 is 51.2 Å². The number of rotatable bonds is 4. The SMILES string of the molecule is C[N+]1=C(/C=C/c2cccs2)C(C)(C/C=C/Cl)c2c1ccc1ccccc21. The number of hydrogen-bond donors (Lipinski definition) is 0. The Labute approximate surface area is 163 Å². The highest BCUT2D eigenvalue weighted by Crippen LogP contribution is 2.46. The van der Waals surface area contributed by atoms with Gasteiger partial charge in [-0.25, -0.2) is 0 Å². The maximum absolute atomic E-state index is 5.91. The smallest absolute Gasteiger partial charge is 0.198 e. The summed E-state index contributed by atoms with van der Waals surface area (Å²) in [6, 6.07) is 17.3. The van der Waals surface area contributed by atoms with Crippen LogP contribution in [0.3, 0.4) is 0 Å². The number of allylic oxidation sites excluding steroid dienone is 2. The van der Waals surface area contributed by atoms with Crippen LogP contribution >= 0.6 is 22.9 Å². The number of hydrogen-bond acceptors (Lipinski definition) is 1. The Kier molecular flexibility index (Phi) is 4.56. The topological polar surface area (TPSA) is 3.01 Å². The summed E-state index contributed by atoms with van der Waals surface area (Å²) >= 11 is 7.67. The van der Waals surface area contributed by atoms with Crippen LogP contribution in [0.15, 0.2) is 71.6 Å². The number of nitrogens with zero attached hydrogens (tertiary/aromatic N) is 1. The van der Waals surface area contributed by atoms with Gasteiger partial charge in [-0.2, -0.15) is 4.58 Å². The van der Waals surface area contributed by atoms with E-state index in [2.05, 4.69) is 90.7 Å². The van der Waals surface area contributed by atoms with E-state index in [1.165, 1.54) is 32.6 Å². The highest BCUT2D eigenvalue weighted by molar-refractivity contribution is 7.10. The molecule has 1 aliphatic heterocycles. The van der Waals surface area contributed by atoms with Crippen LogP contribution in [0.2, 0.25) is 0 Å². The van der Waals surface area contributed by atoms with Gasteiger partial charge in [-0.1, -0.05) is 48.0 Å². The van der Waals surface area contributed by atoms with Crippen molar-refractivity contribution in [1.82, 2.24) is 0 Å². The first kappa shape index (κ1) is 17.3. The molecule has 0 amide bonds. The molecule has 0 saturated carbocycles. The summed E-state index contributed by atoms with van der Waals surface area (Å²) in [5, 5.41) is 4.71. The van der Waals surface area contributed by atoms with Crippen molar-refractivity contribution in [2.45, 2.75) is 18.8 Å².